The van der Waals surface area contributed by atoms with Crippen molar-refractivity contribution in [1.29, 1.82) is 0 Å². The van der Waals surface area contributed by atoms with Crippen molar-refractivity contribution < 1.29 is 39.5 Å². The van der Waals surface area contributed by atoms with Crippen LogP contribution in [-0.4, -0.2) is 33.9 Å². The molecule has 2 rings (SSSR count). The SMILES string of the molecule is FC1(F)C=C(c2nnco2)C(F)(F)C(F)(F)C1(F)F. The minimum atomic E-state index is -6.32. The van der Waals surface area contributed by atoms with E-state index in [0.29, 0.717) is 6.39 Å². The molecule has 0 amide bonds. The molecule has 0 radical (unpaired) electrons. The van der Waals surface area contributed by atoms with Gasteiger partial charge < -0.3 is 4.42 Å². The number of alkyl halides is 8. The lowest BCUT2D eigenvalue weighted by Crippen LogP contribution is -2.65. The summed E-state index contributed by atoms with van der Waals surface area (Å²) in [6, 6.07) is 0. The van der Waals surface area contributed by atoms with Crippen molar-refractivity contribution in [2.24, 2.45) is 0 Å². The zero-order valence-electron chi connectivity index (χ0n) is 8.48. The fourth-order valence-electron chi connectivity index (χ4n) is 1.42. The molecule has 11 heteroatoms. The first-order valence-electron chi connectivity index (χ1n) is 4.46. The Kier molecular flexibility index (Phi) is 2.50. The Labute approximate surface area is 98.5 Å². The molecule has 3 nitrogen and oxygen atoms in total. The normalized spacial score (nSPS) is 26.8. The van der Waals surface area contributed by atoms with Gasteiger partial charge >= 0.3 is 23.7 Å². The molecule has 19 heavy (non-hydrogen) atoms. The first-order chi connectivity index (χ1) is 8.45. The molecule has 0 N–H and O–H groups in total. The van der Waals surface area contributed by atoms with E-state index < -0.39 is 41.2 Å². The van der Waals surface area contributed by atoms with E-state index in [1.165, 1.54) is 0 Å². The minimum Gasteiger partial charge on any atom is -0.424 e. The van der Waals surface area contributed by atoms with Crippen LogP contribution in [-0.2, 0) is 0 Å². The predicted molar refractivity (Wildman–Crippen MR) is 42.1 cm³/mol. The molecule has 0 saturated carbocycles. The number of halogens is 8. The van der Waals surface area contributed by atoms with Gasteiger partial charge in [0.05, 0.1) is 5.57 Å². The second kappa shape index (κ2) is 3.45. The van der Waals surface area contributed by atoms with E-state index in [2.05, 4.69) is 14.6 Å². The topological polar surface area (TPSA) is 38.9 Å². The van der Waals surface area contributed by atoms with Crippen molar-refractivity contribution in [3.05, 3.63) is 18.4 Å². The fraction of sp³-hybridized carbons (Fsp3) is 0.500. The minimum absolute atomic E-state index is 0.398. The molecule has 0 unspecified atom stereocenters. The van der Waals surface area contributed by atoms with Gasteiger partial charge in [-0.3, -0.25) is 0 Å². The van der Waals surface area contributed by atoms with Gasteiger partial charge in [0.1, 0.15) is 0 Å². The lowest BCUT2D eigenvalue weighted by molar-refractivity contribution is -0.348. The molecule has 0 bridgehead atoms. The number of allylic oxidation sites excluding steroid dienone is 2. The molecule has 0 spiro atoms. The van der Waals surface area contributed by atoms with E-state index >= 15 is 0 Å². The highest BCUT2D eigenvalue weighted by molar-refractivity contribution is 5.69. The highest BCUT2D eigenvalue weighted by Gasteiger charge is 2.84. The molecular weight excluding hydrogens is 292 g/mol. The molecule has 0 fully saturated rings. The molecule has 1 aromatic heterocycles. The van der Waals surface area contributed by atoms with Gasteiger partial charge in [0.2, 0.25) is 12.3 Å². The van der Waals surface area contributed by atoms with Crippen LogP contribution in [0.1, 0.15) is 5.89 Å². The lowest BCUT2D eigenvalue weighted by atomic mass is 9.86. The zero-order chi connectivity index (χ0) is 14.7. The summed E-state index contributed by atoms with van der Waals surface area (Å²) in [6.07, 6.45) is -0.590. The summed E-state index contributed by atoms with van der Waals surface area (Å²) in [5.74, 6) is -25.1. The van der Waals surface area contributed by atoms with E-state index in [1.54, 1.807) is 0 Å². The predicted octanol–water partition coefficient (Wildman–Crippen LogP) is 3.01. The van der Waals surface area contributed by atoms with Crippen LogP contribution in [0, 0.1) is 0 Å². The molecule has 0 saturated heterocycles. The monoisotopic (exact) mass is 294 g/mol. The van der Waals surface area contributed by atoms with Crippen molar-refractivity contribution >= 4 is 5.57 Å². The Morgan fingerprint density at radius 3 is 1.95 bits per heavy atom. The highest BCUT2D eigenvalue weighted by atomic mass is 19.4. The molecule has 0 aliphatic heterocycles. The summed E-state index contributed by atoms with van der Waals surface area (Å²) in [6.45, 7) is 0. The number of nitrogens with zero attached hydrogens (tertiary/aromatic N) is 2. The average Bonchev–Trinajstić information content (AvgIpc) is 2.76. The van der Waals surface area contributed by atoms with Crippen LogP contribution in [0.5, 0.6) is 0 Å². The Bertz CT molecular complexity index is 521. The van der Waals surface area contributed by atoms with Gasteiger partial charge in [-0.25, -0.2) is 0 Å². The smallest absolute Gasteiger partial charge is 0.383 e. The second-order valence-electron chi connectivity index (χ2n) is 3.65. The maximum Gasteiger partial charge on any atom is 0.383 e. The summed E-state index contributed by atoms with van der Waals surface area (Å²) in [7, 11) is 0. The van der Waals surface area contributed by atoms with Gasteiger partial charge in [-0.1, -0.05) is 0 Å². The third-order valence-corrected chi connectivity index (χ3v) is 2.46. The largest absolute Gasteiger partial charge is 0.424 e. The Morgan fingerprint density at radius 1 is 0.895 bits per heavy atom. The molecule has 1 heterocycles. The van der Waals surface area contributed by atoms with Gasteiger partial charge in [0.15, 0.2) is 0 Å². The molecule has 1 aliphatic carbocycles. The maximum absolute atomic E-state index is 13.3. The van der Waals surface area contributed by atoms with Crippen molar-refractivity contribution in [3.63, 3.8) is 0 Å². The maximum atomic E-state index is 13.3. The number of aromatic nitrogens is 2. The summed E-state index contributed by atoms with van der Waals surface area (Å²) in [5.41, 5.74) is -2.15. The van der Waals surface area contributed by atoms with Crippen molar-refractivity contribution in [3.8, 4) is 0 Å². The summed E-state index contributed by atoms with van der Waals surface area (Å²) >= 11 is 0. The van der Waals surface area contributed by atoms with Gasteiger partial charge in [-0.05, 0) is 0 Å². The Balaban J connectivity index is 2.72. The Hall–Kier alpha value is -1.68. The molecular formula is C8H2F8N2O. The fourth-order valence-corrected chi connectivity index (χ4v) is 1.42. The zero-order valence-corrected chi connectivity index (χ0v) is 8.48. The van der Waals surface area contributed by atoms with Crippen molar-refractivity contribution in [1.82, 2.24) is 10.2 Å². The van der Waals surface area contributed by atoms with Crippen LogP contribution in [0.15, 0.2) is 16.9 Å². The summed E-state index contributed by atoms with van der Waals surface area (Å²) < 4.78 is 108. The van der Waals surface area contributed by atoms with Crippen LogP contribution < -0.4 is 0 Å². The van der Waals surface area contributed by atoms with E-state index in [0.717, 1.165) is 0 Å². The molecule has 1 aliphatic rings. The standard InChI is InChI=1S/C8H2F8N2O/c9-5(10)1-3(4-18-17-2-19-4)6(11,12)8(15,16)7(5,13)14/h1-2H. The quantitative estimate of drug-likeness (QED) is 0.747. The molecule has 0 atom stereocenters. The first-order valence-corrected chi connectivity index (χ1v) is 4.46. The Morgan fingerprint density at radius 2 is 1.47 bits per heavy atom. The van der Waals surface area contributed by atoms with Crippen molar-refractivity contribution in [2.75, 3.05) is 0 Å². The van der Waals surface area contributed by atoms with Gasteiger partial charge in [0, 0.05) is 6.08 Å². The third kappa shape index (κ3) is 1.49. The van der Waals surface area contributed by atoms with Gasteiger partial charge in [-0.15, -0.1) is 10.2 Å². The third-order valence-electron chi connectivity index (χ3n) is 2.46. The molecule has 0 aromatic carbocycles. The number of rotatable bonds is 1. The highest BCUT2D eigenvalue weighted by Crippen LogP contribution is 2.60. The number of hydrogen-bond donors (Lipinski definition) is 0. The van der Waals surface area contributed by atoms with E-state index in [1.807, 2.05) is 0 Å². The summed E-state index contributed by atoms with van der Waals surface area (Å²) in [5, 5.41) is 5.56. The van der Waals surface area contributed by atoms with E-state index in [-0.39, 0.29) is 0 Å². The van der Waals surface area contributed by atoms with Crippen LogP contribution in [0.25, 0.3) is 5.57 Å². The van der Waals surface area contributed by atoms with E-state index in [9.17, 15) is 35.1 Å². The first kappa shape index (κ1) is 13.7. The van der Waals surface area contributed by atoms with Crippen LogP contribution >= 0.6 is 0 Å². The number of hydrogen-bond acceptors (Lipinski definition) is 3. The van der Waals surface area contributed by atoms with Gasteiger partial charge in [-0.2, -0.15) is 35.1 Å². The average molecular weight is 294 g/mol. The van der Waals surface area contributed by atoms with Gasteiger partial charge in [0.25, 0.3) is 0 Å². The van der Waals surface area contributed by atoms with Crippen LogP contribution in [0.2, 0.25) is 0 Å². The summed E-state index contributed by atoms with van der Waals surface area (Å²) in [4.78, 5) is 0. The molecule has 106 valence electrons. The lowest BCUT2D eigenvalue weighted by Gasteiger charge is -2.40. The van der Waals surface area contributed by atoms with Crippen LogP contribution in [0.3, 0.4) is 0 Å². The molecule has 1 aromatic rings. The van der Waals surface area contributed by atoms with Crippen molar-refractivity contribution in [2.45, 2.75) is 23.7 Å². The van der Waals surface area contributed by atoms with E-state index in [4.69, 9.17) is 0 Å². The van der Waals surface area contributed by atoms with Crippen LogP contribution in [0.4, 0.5) is 35.1 Å². The second-order valence-corrected chi connectivity index (χ2v) is 3.65.